The Kier molecular flexibility index (Phi) is 4.09. The quantitative estimate of drug-likeness (QED) is 0.886. The fourth-order valence-corrected chi connectivity index (χ4v) is 1.86. The van der Waals surface area contributed by atoms with Crippen LogP contribution in [0.4, 0.5) is 0 Å². The van der Waals surface area contributed by atoms with Gasteiger partial charge in [0.15, 0.2) is 11.5 Å². The van der Waals surface area contributed by atoms with Gasteiger partial charge in [-0.05, 0) is 38.6 Å². The van der Waals surface area contributed by atoms with E-state index in [1.165, 1.54) is 0 Å². The summed E-state index contributed by atoms with van der Waals surface area (Å²) in [6, 6.07) is 6.04. The number of fused-ring (bicyclic) bond motifs is 1. The minimum absolute atomic E-state index is 0.414. The van der Waals surface area contributed by atoms with Gasteiger partial charge in [-0.25, -0.2) is 0 Å². The predicted octanol–water partition coefficient (Wildman–Crippen LogP) is 1.83. The Morgan fingerprint density at radius 2 is 1.89 bits per heavy atom. The van der Waals surface area contributed by atoms with Gasteiger partial charge in [-0.15, -0.1) is 0 Å². The molecule has 1 aliphatic heterocycles. The molecule has 0 bridgehead atoms. The molecule has 100 valence electrons. The van der Waals surface area contributed by atoms with E-state index in [9.17, 15) is 5.11 Å². The molecule has 0 aliphatic carbocycles. The van der Waals surface area contributed by atoms with E-state index in [1.807, 2.05) is 25.2 Å². The van der Waals surface area contributed by atoms with Crippen molar-refractivity contribution in [1.82, 2.24) is 4.90 Å². The second-order valence-electron chi connectivity index (χ2n) is 4.95. The molecule has 2 rings (SSSR count). The van der Waals surface area contributed by atoms with E-state index in [1.54, 1.807) is 0 Å². The van der Waals surface area contributed by atoms with Gasteiger partial charge in [0.2, 0.25) is 0 Å². The van der Waals surface area contributed by atoms with Crippen molar-refractivity contribution >= 4 is 0 Å². The molecule has 0 aromatic heterocycles. The van der Waals surface area contributed by atoms with Crippen LogP contribution in [-0.2, 0) is 0 Å². The maximum Gasteiger partial charge on any atom is 0.161 e. The van der Waals surface area contributed by atoms with Gasteiger partial charge >= 0.3 is 0 Å². The van der Waals surface area contributed by atoms with Gasteiger partial charge in [0.1, 0.15) is 13.2 Å². The third kappa shape index (κ3) is 2.94. The van der Waals surface area contributed by atoms with E-state index < -0.39 is 6.10 Å². The molecule has 1 aliphatic rings. The summed E-state index contributed by atoms with van der Waals surface area (Å²) in [7, 11) is 2.01. The summed E-state index contributed by atoms with van der Waals surface area (Å²) in [5.41, 5.74) is 0.867. The van der Waals surface area contributed by atoms with Crippen molar-refractivity contribution in [2.24, 2.45) is 0 Å². The third-order valence-electron chi connectivity index (χ3n) is 3.29. The zero-order valence-corrected chi connectivity index (χ0v) is 11.2. The maximum absolute atomic E-state index is 10.2. The summed E-state index contributed by atoms with van der Waals surface area (Å²) in [5, 5.41) is 10.2. The van der Waals surface area contributed by atoms with Crippen molar-refractivity contribution in [1.29, 1.82) is 0 Å². The van der Waals surface area contributed by atoms with Crippen molar-refractivity contribution < 1.29 is 14.6 Å². The fourth-order valence-electron chi connectivity index (χ4n) is 1.86. The molecule has 1 N–H and O–H groups in total. The van der Waals surface area contributed by atoms with Crippen LogP contribution in [0.5, 0.6) is 11.5 Å². The topological polar surface area (TPSA) is 41.9 Å². The van der Waals surface area contributed by atoms with Crippen molar-refractivity contribution in [3.05, 3.63) is 23.8 Å². The highest BCUT2D eigenvalue weighted by atomic mass is 16.6. The van der Waals surface area contributed by atoms with Crippen LogP contribution in [0.2, 0.25) is 0 Å². The average Bonchev–Trinajstić information content (AvgIpc) is 2.37. The van der Waals surface area contributed by atoms with Crippen LogP contribution in [-0.4, -0.2) is 42.9 Å². The highest BCUT2D eigenvalue weighted by molar-refractivity contribution is 5.44. The standard InChI is InChI=1S/C14H21NO3/c1-10(2)15(3)9-12(16)11-4-5-13-14(8-11)18-7-6-17-13/h4-5,8,10,12,16H,6-7,9H2,1-3H3. The molecule has 0 amide bonds. The van der Waals surface area contributed by atoms with Crippen molar-refractivity contribution in [2.75, 3.05) is 26.8 Å². The highest BCUT2D eigenvalue weighted by Crippen LogP contribution is 2.32. The zero-order valence-electron chi connectivity index (χ0n) is 11.2. The first kappa shape index (κ1) is 13.2. The lowest BCUT2D eigenvalue weighted by atomic mass is 10.1. The number of likely N-dealkylation sites (N-methyl/N-ethyl adjacent to an activating group) is 1. The molecule has 0 fully saturated rings. The van der Waals surface area contributed by atoms with Gasteiger partial charge in [-0.1, -0.05) is 6.07 Å². The molecule has 1 atom stereocenters. The number of rotatable bonds is 4. The van der Waals surface area contributed by atoms with Gasteiger partial charge in [0.25, 0.3) is 0 Å². The second kappa shape index (κ2) is 5.59. The highest BCUT2D eigenvalue weighted by Gasteiger charge is 2.17. The predicted molar refractivity (Wildman–Crippen MR) is 70.2 cm³/mol. The number of aliphatic hydroxyl groups excluding tert-OH is 1. The van der Waals surface area contributed by atoms with Crippen LogP contribution in [0.15, 0.2) is 18.2 Å². The smallest absolute Gasteiger partial charge is 0.161 e. The summed E-state index contributed by atoms with van der Waals surface area (Å²) in [6.45, 7) is 5.98. The Morgan fingerprint density at radius 1 is 1.22 bits per heavy atom. The Labute approximate surface area is 108 Å². The van der Waals surface area contributed by atoms with E-state index in [0.29, 0.717) is 25.8 Å². The van der Waals surface area contributed by atoms with E-state index in [-0.39, 0.29) is 0 Å². The van der Waals surface area contributed by atoms with Gasteiger partial charge in [0.05, 0.1) is 6.10 Å². The molecule has 1 heterocycles. The molecular weight excluding hydrogens is 230 g/mol. The van der Waals surface area contributed by atoms with Crippen LogP contribution in [0, 0.1) is 0 Å². The number of ether oxygens (including phenoxy) is 2. The summed E-state index contributed by atoms with van der Waals surface area (Å²) >= 11 is 0. The largest absolute Gasteiger partial charge is 0.486 e. The average molecular weight is 251 g/mol. The zero-order chi connectivity index (χ0) is 13.1. The molecule has 1 aromatic rings. The lowest BCUT2D eigenvalue weighted by Crippen LogP contribution is -2.30. The molecule has 4 heteroatoms. The van der Waals surface area contributed by atoms with Crippen molar-refractivity contribution in [3.63, 3.8) is 0 Å². The molecule has 18 heavy (non-hydrogen) atoms. The molecule has 1 unspecified atom stereocenters. The summed E-state index contributed by atoms with van der Waals surface area (Å²) in [5.74, 6) is 1.49. The number of hydrogen-bond acceptors (Lipinski definition) is 4. The molecule has 0 radical (unpaired) electrons. The van der Waals surface area contributed by atoms with Gasteiger partial charge in [-0.3, -0.25) is 0 Å². The summed E-state index contributed by atoms with van der Waals surface area (Å²) in [4.78, 5) is 2.11. The first-order valence-corrected chi connectivity index (χ1v) is 6.36. The number of nitrogens with zero attached hydrogens (tertiary/aromatic N) is 1. The van der Waals surface area contributed by atoms with Crippen LogP contribution in [0.3, 0.4) is 0 Å². The van der Waals surface area contributed by atoms with E-state index in [2.05, 4.69) is 18.7 Å². The Balaban J connectivity index is 2.08. The van der Waals surface area contributed by atoms with Crippen LogP contribution in [0.25, 0.3) is 0 Å². The minimum Gasteiger partial charge on any atom is -0.486 e. The Hall–Kier alpha value is -1.26. The minimum atomic E-state index is -0.506. The van der Waals surface area contributed by atoms with E-state index >= 15 is 0 Å². The monoisotopic (exact) mass is 251 g/mol. The van der Waals surface area contributed by atoms with Crippen LogP contribution < -0.4 is 9.47 Å². The maximum atomic E-state index is 10.2. The normalized spacial score (nSPS) is 16.1. The lowest BCUT2D eigenvalue weighted by molar-refractivity contribution is 0.111. The molecule has 4 nitrogen and oxygen atoms in total. The molecular formula is C14H21NO3. The number of aliphatic hydroxyl groups is 1. The fraction of sp³-hybridized carbons (Fsp3) is 0.571. The summed E-state index contributed by atoms with van der Waals surface area (Å²) < 4.78 is 11.0. The van der Waals surface area contributed by atoms with Gasteiger partial charge in [0, 0.05) is 12.6 Å². The third-order valence-corrected chi connectivity index (χ3v) is 3.29. The van der Waals surface area contributed by atoms with E-state index in [4.69, 9.17) is 9.47 Å². The van der Waals surface area contributed by atoms with Gasteiger partial charge < -0.3 is 19.5 Å². The van der Waals surface area contributed by atoms with Crippen molar-refractivity contribution in [2.45, 2.75) is 26.0 Å². The molecule has 0 saturated carbocycles. The van der Waals surface area contributed by atoms with Crippen molar-refractivity contribution in [3.8, 4) is 11.5 Å². The SMILES string of the molecule is CC(C)N(C)CC(O)c1ccc2c(c1)OCCO2. The van der Waals surface area contributed by atoms with Gasteiger partial charge in [-0.2, -0.15) is 0 Å². The Morgan fingerprint density at radius 3 is 2.56 bits per heavy atom. The molecule has 1 aromatic carbocycles. The molecule has 0 spiro atoms. The second-order valence-corrected chi connectivity index (χ2v) is 4.95. The first-order valence-electron chi connectivity index (χ1n) is 6.36. The molecule has 0 saturated heterocycles. The van der Waals surface area contributed by atoms with Crippen LogP contribution >= 0.6 is 0 Å². The summed E-state index contributed by atoms with van der Waals surface area (Å²) in [6.07, 6.45) is -0.506. The van der Waals surface area contributed by atoms with Crippen LogP contribution in [0.1, 0.15) is 25.5 Å². The first-order chi connectivity index (χ1) is 8.58. The van der Waals surface area contributed by atoms with E-state index in [0.717, 1.165) is 17.1 Å². The number of hydrogen-bond donors (Lipinski definition) is 1. The Bertz CT molecular complexity index is 406. The lowest BCUT2D eigenvalue weighted by Gasteiger charge is -2.25. The number of benzene rings is 1.